The molecular weight excluding hydrogens is 364 g/mol. The Morgan fingerprint density at radius 1 is 1.07 bits per heavy atom. The van der Waals surface area contributed by atoms with Crippen LogP contribution in [0.2, 0.25) is 0 Å². The van der Waals surface area contributed by atoms with Gasteiger partial charge in [-0.15, -0.1) is 0 Å². The van der Waals surface area contributed by atoms with Gasteiger partial charge in [0.15, 0.2) is 6.61 Å². The summed E-state index contributed by atoms with van der Waals surface area (Å²) in [6.07, 6.45) is 4.33. The van der Waals surface area contributed by atoms with E-state index in [2.05, 4.69) is 5.32 Å². The number of amides is 2. The summed E-state index contributed by atoms with van der Waals surface area (Å²) in [5, 5.41) is 3.11. The summed E-state index contributed by atoms with van der Waals surface area (Å²) in [6, 6.07) is 16.8. The van der Waals surface area contributed by atoms with Gasteiger partial charge in [-0.05, 0) is 49.9 Å². The van der Waals surface area contributed by atoms with E-state index in [1.54, 1.807) is 11.8 Å². The Morgan fingerprint density at radius 2 is 1.72 bits per heavy atom. The summed E-state index contributed by atoms with van der Waals surface area (Å²) in [7, 11) is 0. The predicted octanol–water partition coefficient (Wildman–Crippen LogP) is 3.85. The van der Waals surface area contributed by atoms with Gasteiger partial charge in [-0.25, -0.2) is 0 Å². The van der Waals surface area contributed by atoms with E-state index in [4.69, 9.17) is 4.74 Å². The van der Waals surface area contributed by atoms with Crippen LogP contribution in [-0.2, 0) is 16.1 Å². The minimum absolute atomic E-state index is 0.0986. The van der Waals surface area contributed by atoms with E-state index < -0.39 is 6.04 Å². The minimum Gasteiger partial charge on any atom is -0.484 e. The highest BCUT2D eigenvalue weighted by Gasteiger charge is 2.29. The van der Waals surface area contributed by atoms with Crippen LogP contribution in [-0.4, -0.2) is 35.4 Å². The van der Waals surface area contributed by atoms with Crippen molar-refractivity contribution < 1.29 is 14.3 Å². The van der Waals surface area contributed by atoms with Gasteiger partial charge in [0.05, 0.1) is 0 Å². The minimum atomic E-state index is -0.568. The number of hydrogen-bond donors (Lipinski definition) is 1. The maximum Gasteiger partial charge on any atom is 0.261 e. The molecule has 154 valence electrons. The molecule has 1 saturated carbocycles. The number of carbonyl (C=O) groups excluding carboxylic acids is 2. The molecule has 0 spiro atoms. The van der Waals surface area contributed by atoms with Crippen LogP contribution in [0.4, 0.5) is 0 Å². The Kier molecular flexibility index (Phi) is 7.28. The van der Waals surface area contributed by atoms with Crippen LogP contribution in [0.15, 0.2) is 54.6 Å². The summed E-state index contributed by atoms with van der Waals surface area (Å²) in [5.74, 6) is 0.337. The van der Waals surface area contributed by atoms with Gasteiger partial charge >= 0.3 is 0 Å². The highest BCUT2D eigenvalue weighted by atomic mass is 16.5. The lowest BCUT2D eigenvalue weighted by atomic mass is 10.1. The van der Waals surface area contributed by atoms with Crippen molar-refractivity contribution >= 4 is 11.8 Å². The molecule has 1 N–H and O–H groups in total. The number of nitrogens with zero attached hydrogens (tertiary/aromatic N) is 1. The summed E-state index contributed by atoms with van der Waals surface area (Å²) < 4.78 is 5.66. The molecular formula is C24H30N2O3. The van der Waals surface area contributed by atoms with Crippen molar-refractivity contribution in [2.75, 3.05) is 6.61 Å². The molecule has 1 atom stereocenters. The Bertz CT molecular complexity index is 816. The van der Waals surface area contributed by atoms with Crippen molar-refractivity contribution in [3.05, 3.63) is 65.7 Å². The van der Waals surface area contributed by atoms with Crippen LogP contribution in [0.1, 0.15) is 43.7 Å². The Morgan fingerprint density at radius 3 is 2.41 bits per heavy atom. The van der Waals surface area contributed by atoms with Crippen molar-refractivity contribution in [1.29, 1.82) is 0 Å². The molecule has 1 unspecified atom stereocenters. The lowest BCUT2D eigenvalue weighted by molar-refractivity contribution is -0.142. The van der Waals surface area contributed by atoms with E-state index in [1.165, 1.54) is 0 Å². The summed E-state index contributed by atoms with van der Waals surface area (Å²) in [4.78, 5) is 27.5. The number of rotatable bonds is 8. The fraction of sp³-hybridized carbons (Fsp3) is 0.417. The monoisotopic (exact) mass is 394 g/mol. The molecule has 0 radical (unpaired) electrons. The molecule has 1 fully saturated rings. The van der Waals surface area contributed by atoms with Crippen LogP contribution in [0.25, 0.3) is 0 Å². The zero-order valence-electron chi connectivity index (χ0n) is 17.3. The topological polar surface area (TPSA) is 58.6 Å². The van der Waals surface area contributed by atoms with Crippen molar-refractivity contribution in [1.82, 2.24) is 10.2 Å². The van der Waals surface area contributed by atoms with Crippen LogP contribution < -0.4 is 10.1 Å². The van der Waals surface area contributed by atoms with Crippen LogP contribution >= 0.6 is 0 Å². The van der Waals surface area contributed by atoms with Gasteiger partial charge in [0, 0.05) is 12.6 Å². The van der Waals surface area contributed by atoms with E-state index in [0.717, 1.165) is 36.8 Å². The van der Waals surface area contributed by atoms with Crippen molar-refractivity contribution in [3.8, 4) is 5.75 Å². The standard InChI is InChI=1S/C24H30N2O3/c1-18-10-6-7-11-20(18)16-26(19(2)24(28)25-21-12-8-9-13-21)23(27)17-29-22-14-4-3-5-15-22/h3-7,10-11,14-15,19,21H,8-9,12-13,16-17H2,1-2H3,(H,25,28). The molecule has 3 rings (SSSR count). The second-order valence-corrected chi connectivity index (χ2v) is 7.72. The predicted molar refractivity (Wildman–Crippen MR) is 114 cm³/mol. The van der Waals surface area contributed by atoms with Gasteiger partial charge < -0.3 is 15.0 Å². The average molecular weight is 395 g/mol. The van der Waals surface area contributed by atoms with Gasteiger partial charge in [-0.1, -0.05) is 55.3 Å². The van der Waals surface area contributed by atoms with E-state index in [1.807, 2.05) is 61.5 Å². The lowest BCUT2D eigenvalue weighted by Crippen LogP contribution is -2.50. The lowest BCUT2D eigenvalue weighted by Gasteiger charge is -2.30. The van der Waals surface area contributed by atoms with Gasteiger partial charge in [-0.2, -0.15) is 0 Å². The summed E-state index contributed by atoms with van der Waals surface area (Å²) in [6.45, 7) is 4.09. The molecule has 5 nitrogen and oxygen atoms in total. The summed E-state index contributed by atoms with van der Waals surface area (Å²) >= 11 is 0. The number of carbonyl (C=O) groups is 2. The molecule has 1 aliphatic rings. The molecule has 0 saturated heterocycles. The molecule has 0 heterocycles. The molecule has 2 aromatic rings. The molecule has 0 aromatic heterocycles. The normalized spacial score (nSPS) is 15.0. The van der Waals surface area contributed by atoms with Gasteiger partial charge in [0.1, 0.15) is 11.8 Å². The number of hydrogen-bond acceptors (Lipinski definition) is 3. The van der Waals surface area contributed by atoms with Crippen molar-refractivity contribution in [2.24, 2.45) is 0 Å². The third-order valence-corrected chi connectivity index (χ3v) is 5.58. The van der Waals surface area contributed by atoms with Gasteiger partial charge in [-0.3, -0.25) is 9.59 Å². The Labute approximate surface area is 173 Å². The first-order chi connectivity index (χ1) is 14.0. The third-order valence-electron chi connectivity index (χ3n) is 5.58. The molecule has 2 aromatic carbocycles. The maximum atomic E-state index is 13.0. The number of para-hydroxylation sites is 1. The largest absolute Gasteiger partial charge is 0.484 e. The van der Waals surface area contributed by atoms with Crippen LogP contribution in [0.5, 0.6) is 5.75 Å². The highest BCUT2D eigenvalue weighted by Crippen LogP contribution is 2.19. The van der Waals surface area contributed by atoms with Crippen molar-refractivity contribution in [3.63, 3.8) is 0 Å². The average Bonchev–Trinajstić information content (AvgIpc) is 3.24. The molecule has 0 aliphatic heterocycles. The zero-order valence-corrected chi connectivity index (χ0v) is 17.3. The van der Waals surface area contributed by atoms with E-state index in [0.29, 0.717) is 12.3 Å². The van der Waals surface area contributed by atoms with Crippen molar-refractivity contribution in [2.45, 2.75) is 58.2 Å². The first-order valence-electron chi connectivity index (χ1n) is 10.4. The number of nitrogens with one attached hydrogen (secondary N) is 1. The molecule has 2 amide bonds. The maximum absolute atomic E-state index is 13.0. The SMILES string of the molecule is Cc1ccccc1CN(C(=O)COc1ccccc1)C(C)C(=O)NC1CCCC1. The second kappa shape index (κ2) is 10.1. The molecule has 1 aliphatic carbocycles. The first kappa shape index (κ1) is 20.9. The number of benzene rings is 2. The first-order valence-corrected chi connectivity index (χ1v) is 10.4. The van der Waals surface area contributed by atoms with E-state index in [-0.39, 0.29) is 24.5 Å². The van der Waals surface area contributed by atoms with Gasteiger partial charge in [0.25, 0.3) is 5.91 Å². The summed E-state index contributed by atoms with van der Waals surface area (Å²) in [5.41, 5.74) is 2.12. The van der Waals surface area contributed by atoms with E-state index >= 15 is 0 Å². The van der Waals surface area contributed by atoms with E-state index in [9.17, 15) is 9.59 Å². The highest BCUT2D eigenvalue weighted by molar-refractivity contribution is 5.88. The smallest absolute Gasteiger partial charge is 0.261 e. The Balaban J connectivity index is 1.71. The number of aryl methyl sites for hydroxylation is 1. The zero-order chi connectivity index (χ0) is 20.6. The molecule has 5 heteroatoms. The third kappa shape index (κ3) is 5.83. The second-order valence-electron chi connectivity index (χ2n) is 7.72. The molecule has 29 heavy (non-hydrogen) atoms. The van der Waals surface area contributed by atoms with Crippen LogP contribution in [0, 0.1) is 6.92 Å². The fourth-order valence-electron chi connectivity index (χ4n) is 3.69. The fourth-order valence-corrected chi connectivity index (χ4v) is 3.69. The Hall–Kier alpha value is -2.82. The quantitative estimate of drug-likeness (QED) is 0.740. The molecule has 0 bridgehead atoms. The number of ether oxygens (including phenoxy) is 1. The van der Waals surface area contributed by atoms with Crippen LogP contribution in [0.3, 0.4) is 0 Å². The van der Waals surface area contributed by atoms with Gasteiger partial charge in [0.2, 0.25) is 5.91 Å².